The molecule has 0 aromatic carbocycles. The van der Waals surface area contributed by atoms with Crippen molar-refractivity contribution in [1.29, 1.82) is 0 Å². The van der Waals surface area contributed by atoms with E-state index in [4.69, 9.17) is 33.2 Å². The topological polar surface area (TPSA) is 64.6 Å². The minimum atomic E-state index is -0.534. The van der Waals surface area contributed by atoms with E-state index in [2.05, 4.69) is 13.2 Å². The van der Waals surface area contributed by atoms with Gasteiger partial charge in [0.1, 0.15) is 13.2 Å². The lowest BCUT2D eigenvalue weighted by atomic mass is 10.1. The zero-order valence-corrected chi connectivity index (χ0v) is 18.5. The first-order chi connectivity index (χ1) is 13.7. The van der Waals surface area contributed by atoms with Crippen molar-refractivity contribution in [1.82, 2.24) is 0 Å². The molecule has 168 valence electrons. The Labute approximate surface area is 175 Å². The summed E-state index contributed by atoms with van der Waals surface area (Å²) < 4.78 is 39.6. The van der Waals surface area contributed by atoms with Crippen LogP contribution in [-0.4, -0.2) is 63.4 Å². The van der Waals surface area contributed by atoms with Crippen molar-refractivity contribution in [3.8, 4) is 0 Å². The van der Waals surface area contributed by atoms with Gasteiger partial charge in [0.05, 0.1) is 50.2 Å². The summed E-state index contributed by atoms with van der Waals surface area (Å²) in [6, 6.07) is 0. The molecule has 0 radical (unpaired) electrons. The summed E-state index contributed by atoms with van der Waals surface area (Å²) in [5.41, 5.74) is 0. The Morgan fingerprint density at radius 2 is 1.21 bits per heavy atom. The average Bonchev–Trinajstić information content (AvgIpc) is 3.19. The lowest BCUT2D eigenvalue weighted by molar-refractivity contribution is -0.157. The summed E-state index contributed by atoms with van der Waals surface area (Å²) in [5, 5.41) is 0. The first-order valence-electron chi connectivity index (χ1n) is 10.5. The Morgan fingerprint density at radius 3 is 1.55 bits per heavy atom. The van der Waals surface area contributed by atoms with E-state index in [1.54, 1.807) is 0 Å². The van der Waals surface area contributed by atoms with Crippen LogP contribution in [0.1, 0.15) is 53.4 Å². The van der Waals surface area contributed by atoms with Crippen LogP contribution in [0.5, 0.6) is 0 Å². The fourth-order valence-electron chi connectivity index (χ4n) is 3.31. The second kappa shape index (κ2) is 11.3. The molecule has 2 aliphatic heterocycles. The predicted molar refractivity (Wildman–Crippen MR) is 109 cm³/mol. The van der Waals surface area contributed by atoms with Crippen molar-refractivity contribution < 1.29 is 33.2 Å². The van der Waals surface area contributed by atoms with Crippen molar-refractivity contribution in [3.63, 3.8) is 0 Å². The lowest BCUT2D eigenvalue weighted by Crippen LogP contribution is -2.26. The number of rotatable bonds is 14. The minimum absolute atomic E-state index is 0.136. The van der Waals surface area contributed by atoms with Crippen LogP contribution in [-0.2, 0) is 33.2 Å². The number of hydrogen-bond donors (Lipinski definition) is 0. The summed E-state index contributed by atoms with van der Waals surface area (Å²) >= 11 is 0. The van der Waals surface area contributed by atoms with Gasteiger partial charge < -0.3 is 33.2 Å². The first kappa shape index (κ1) is 24.2. The van der Waals surface area contributed by atoms with Gasteiger partial charge in [-0.05, 0) is 27.7 Å². The van der Waals surface area contributed by atoms with Crippen LogP contribution in [0.4, 0.5) is 0 Å². The van der Waals surface area contributed by atoms with Gasteiger partial charge in [-0.1, -0.05) is 13.2 Å². The van der Waals surface area contributed by atoms with Gasteiger partial charge in [-0.3, -0.25) is 0 Å². The summed E-state index contributed by atoms with van der Waals surface area (Å²) in [7, 11) is 0. The third-order valence-electron chi connectivity index (χ3n) is 4.93. The molecule has 0 amide bonds. The minimum Gasteiger partial charge on any atom is -0.496 e. The molecule has 4 atom stereocenters. The van der Waals surface area contributed by atoms with Crippen LogP contribution in [0, 0.1) is 0 Å². The zero-order chi connectivity index (χ0) is 21.3. The fraction of sp³-hybridized carbons (Fsp3) is 0.818. The normalized spacial score (nSPS) is 31.7. The average molecular weight is 415 g/mol. The molecule has 4 unspecified atom stereocenters. The highest BCUT2D eigenvalue weighted by Crippen LogP contribution is 2.30. The summed E-state index contributed by atoms with van der Waals surface area (Å²) in [6.07, 6.45) is 3.10. The van der Waals surface area contributed by atoms with Crippen LogP contribution in [0.3, 0.4) is 0 Å². The van der Waals surface area contributed by atoms with Gasteiger partial charge in [0.25, 0.3) is 0 Å². The van der Waals surface area contributed by atoms with Gasteiger partial charge in [-0.2, -0.15) is 0 Å². The molecule has 0 aromatic heterocycles. The maximum Gasteiger partial charge on any atom is 0.166 e. The predicted octanol–water partition coefficient (Wildman–Crippen LogP) is 3.93. The molecule has 2 aliphatic rings. The molecule has 2 rings (SSSR count). The van der Waals surface area contributed by atoms with E-state index in [0.29, 0.717) is 64.0 Å². The van der Waals surface area contributed by atoms with Gasteiger partial charge in [-0.15, -0.1) is 0 Å². The molecule has 0 aliphatic carbocycles. The zero-order valence-electron chi connectivity index (χ0n) is 18.5. The number of hydrogen-bond acceptors (Lipinski definition) is 7. The molecule has 2 saturated heterocycles. The van der Waals surface area contributed by atoms with Crippen LogP contribution < -0.4 is 0 Å². The maximum atomic E-state index is 5.77. The van der Waals surface area contributed by atoms with Crippen molar-refractivity contribution in [2.45, 2.75) is 77.2 Å². The van der Waals surface area contributed by atoms with E-state index in [1.165, 1.54) is 0 Å². The molecule has 2 heterocycles. The molecule has 0 bridgehead atoms. The van der Waals surface area contributed by atoms with Crippen molar-refractivity contribution >= 4 is 0 Å². The Hall–Kier alpha value is -1.12. The van der Waals surface area contributed by atoms with Crippen LogP contribution in [0.15, 0.2) is 24.7 Å². The fourth-order valence-corrected chi connectivity index (χ4v) is 3.31. The molecule has 7 heteroatoms. The van der Waals surface area contributed by atoms with Gasteiger partial charge in [0, 0.05) is 25.7 Å². The van der Waals surface area contributed by atoms with E-state index in [1.807, 2.05) is 27.7 Å². The Kier molecular flexibility index (Phi) is 9.43. The Balaban J connectivity index is 1.42. The van der Waals surface area contributed by atoms with Gasteiger partial charge in [0.2, 0.25) is 0 Å². The second-order valence-corrected chi connectivity index (χ2v) is 8.13. The van der Waals surface area contributed by atoms with Crippen molar-refractivity contribution in [2.24, 2.45) is 0 Å². The molecule has 2 fully saturated rings. The van der Waals surface area contributed by atoms with Gasteiger partial charge >= 0.3 is 0 Å². The van der Waals surface area contributed by atoms with E-state index in [9.17, 15) is 0 Å². The smallest absolute Gasteiger partial charge is 0.166 e. The molecule has 0 N–H and O–H groups in total. The molecule has 0 aromatic rings. The highest BCUT2D eigenvalue weighted by Gasteiger charge is 2.35. The van der Waals surface area contributed by atoms with Crippen molar-refractivity contribution in [2.75, 3.05) is 39.6 Å². The third-order valence-corrected chi connectivity index (χ3v) is 4.93. The summed E-state index contributed by atoms with van der Waals surface area (Å²) in [6.45, 7) is 18.9. The van der Waals surface area contributed by atoms with Crippen molar-refractivity contribution in [3.05, 3.63) is 24.7 Å². The largest absolute Gasteiger partial charge is 0.496 e. The maximum absolute atomic E-state index is 5.77. The number of ether oxygens (including phenoxy) is 7. The summed E-state index contributed by atoms with van der Waals surface area (Å²) in [5.74, 6) is 0.358. The number of allylic oxidation sites excluding steroid dienone is 2. The SMILES string of the molecule is C=C(CCC1(C)OCC(C)O1)OCCOCCOC(=C)CCC1(C)OCC(C)O1. The first-order valence-corrected chi connectivity index (χ1v) is 10.5. The van der Waals surface area contributed by atoms with E-state index >= 15 is 0 Å². The van der Waals surface area contributed by atoms with Gasteiger partial charge in [-0.25, -0.2) is 0 Å². The standard InChI is InChI=1S/C22H38O7/c1-17(7-9-21(5)26-15-19(3)28-21)24-13-11-23-12-14-25-18(2)8-10-22(6)27-16-20(4)29-22/h19-20H,1-2,7-16H2,3-6H3. The van der Waals surface area contributed by atoms with Crippen LogP contribution >= 0.6 is 0 Å². The lowest BCUT2D eigenvalue weighted by Gasteiger charge is -2.23. The molecular weight excluding hydrogens is 376 g/mol. The quantitative estimate of drug-likeness (QED) is 0.315. The van der Waals surface area contributed by atoms with Crippen LogP contribution in [0.25, 0.3) is 0 Å². The highest BCUT2D eigenvalue weighted by molar-refractivity contribution is 4.87. The molecule has 29 heavy (non-hydrogen) atoms. The monoisotopic (exact) mass is 414 g/mol. The molecule has 0 saturated carbocycles. The Bertz CT molecular complexity index is 491. The van der Waals surface area contributed by atoms with Gasteiger partial charge in [0.15, 0.2) is 11.6 Å². The van der Waals surface area contributed by atoms with Crippen LogP contribution in [0.2, 0.25) is 0 Å². The van der Waals surface area contributed by atoms with E-state index < -0.39 is 11.6 Å². The van der Waals surface area contributed by atoms with E-state index in [0.717, 1.165) is 12.8 Å². The highest BCUT2D eigenvalue weighted by atomic mass is 16.7. The third kappa shape index (κ3) is 9.05. The Morgan fingerprint density at radius 1 is 0.793 bits per heavy atom. The second-order valence-electron chi connectivity index (χ2n) is 8.13. The summed E-state index contributed by atoms with van der Waals surface area (Å²) in [4.78, 5) is 0. The molecule has 0 spiro atoms. The van der Waals surface area contributed by atoms with E-state index in [-0.39, 0.29) is 12.2 Å². The molecular formula is C22H38O7. The molecule has 7 nitrogen and oxygen atoms in total.